The Kier molecular flexibility index (Phi) is 4.60. The number of benzene rings is 1. The fraction of sp³-hybridized carbons (Fsp3) is 0.364. The van der Waals surface area contributed by atoms with Gasteiger partial charge in [0.25, 0.3) is 11.5 Å². The summed E-state index contributed by atoms with van der Waals surface area (Å²) in [5.41, 5.74) is 2.79. The highest BCUT2D eigenvalue weighted by molar-refractivity contribution is 5.94. The Labute approximate surface area is 158 Å². The maximum atomic E-state index is 13.0. The van der Waals surface area contributed by atoms with E-state index in [2.05, 4.69) is 4.98 Å². The van der Waals surface area contributed by atoms with Gasteiger partial charge in [-0.3, -0.25) is 9.59 Å². The zero-order chi connectivity index (χ0) is 19.0. The molecule has 5 heteroatoms. The van der Waals surface area contributed by atoms with Gasteiger partial charge in [-0.2, -0.15) is 0 Å². The molecule has 27 heavy (non-hydrogen) atoms. The number of carbonyl (C=O) groups excluding carboxylic acids is 1. The molecule has 1 aromatic carbocycles. The summed E-state index contributed by atoms with van der Waals surface area (Å²) in [5, 5.41) is 1.00. The Morgan fingerprint density at radius 3 is 2.74 bits per heavy atom. The number of aromatic nitrogens is 1. The SMILES string of the molecule is CC(c1cc2ccccc2o1)N(C)C(=O)c1cc2c([nH]c1=O)CCCCC2. The van der Waals surface area contributed by atoms with Crippen LogP contribution < -0.4 is 5.56 Å². The first-order valence-corrected chi connectivity index (χ1v) is 9.55. The lowest BCUT2D eigenvalue weighted by atomic mass is 10.0. The van der Waals surface area contributed by atoms with Crippen molar-refractivity contribution in [2.45, 2.75) is 45.1 Å². The van der Waals surface area contributed by atoms with Gasteiger partial charge in [0.1, 0.15) is 16.9 Å². The largest absolute Gasteiger partial charge is 0.459 e. The van der Waals surface area contributed by atoms with Crippen LogP contribution in [0.2, 0.25) is 0 Å². The van der Waals surface area contributed by atoms with E-state index in [-0.39, 0.29) is 23.1 Å². The summed E-state index contributed by atoms with van der Waals surface area (Å²) in [7, 11) is 1.71. The van der Waals surface area contributed by atoms with Gasteiger partial charge in [-0.25, -0.2) is 0 Å². The van der Waals surface area contributed by atoms with Gasteiger partial charge >= 0.3 is 0 Å². The number of aryl methyl sites for hydroxylation is 2. The van der Waals surface area contributed by atoms with Gasteiger partial charge in [-0.1, -0.05) is 24.6 Å². The molecule has 0 saturated carbocycles. The normalized spacial score (nSPS) is 15.2. The monoisotopic (exact) mass is 364 g/mol. The molecule has 4 rings (SSSR count). The summed E-state index contributed by atoms with van der Waals surface area (Å²) < 4.78 is 5.89. The van der Waals surface area contributed by atoms with Gasteiger partial charge < -0.3 is 14.3 Å². The van der Waals surface area contributed by atoms with Crippen molar-refractivity contribution in [3.8, 4) is 0 Å². The number of nitrogens with one attached hydrogen (secondary N) is 1. The maximum absolute atomic E-state index is 13.0. The predicted octanol–water partition coefficient (Wildman–Crippen LogP) is 4.22. The molecule has 3 aromatic rings. The van der Waals surface area contributed by atoms with Crippen LogP contribution in [-0.2, 0) is 12.8 Å². The van der Waals surface area contributed by atoms with E-state index >= 15 is 0 Å². The van der Waals surface area contributed by atoms with E-state index in [1.54, 1.807) is 18.0 Å². The van der Waals surface area contributed by atoms with Crippen molar-refractivity contribution in [2.75, 3.05) is 7.05 Å². The zero-order valence-electron chi connectivity index (χ0n) is 15.7. The molecule has 1 aliphatic rings. The van der Waals surface area contributed by atoms with Gasteiger partial charge in [0.2, 0.25) is 0 Å². The van der Waals surface area contributed by atoms with E-state index in [4.69, 9.17) is 4.42 Å². The van der Waals surface area contributed by atoms with E-state index in [1.165, 1.54) is 0 Å². The minimum Gasteiger partial charge on any atom is -0.459 e. The number of fused-ring (bicyclic) bond motifs is 2. The number of hydrogen-bond acceptors (Lipinski definition) is 3. The average molecular weight is 364 g/mol. The molecule has 140 valence electrons. The standard InChI is InChI=1S/C22H24N2O3/c1-14(20-13-16-9-6-7-11-19(16)27-20)24(2)22(26)17-12-15-8-4-3-5-10-18(15)23-21(17)25/h6-7,9,11-14H,3-5,8,10H2,1-2H3,(H,23,25). The molecule has 1 aliphatic carbocycles. The quantitative estimate of drug-likeness (QED) is 0.708. The molecule has 1 N–H and O–H groups in total. The van der Waals surface area contributed by atoms with Gasteiger partial charge in [0, 0.05) is 18.1 Å². The first-order chi connectivity index (χ1) is 13.0. The minimum absolute atomic E-state index is 0.209. The third-order valence-electron chi connectivity index (χ3n) is 5.58. The molecule has 0 spiro atoms. The lowest BCUT2D eigenvalue weighted by molar-refractivity contribution is 0.0725. The van der Waals surface area contributed by atoms with Crippen LogP contribution in [0.1, 0.15) is 59.6 Å². The molecule has 5 nitrogen and oxygen atoms in total. The van der Waals surface area contributed by atoms with E-state index in [0.29, 0.717) is 5.76 Å². The Morgan fingerprint density at radius 1 is 1.15 bits per heavy atom. The van der Waals surface area contributed by atoms with Gasteiger partial charge in [0.05, 0.1) is 6.04 Å². The minimum atomic E-state index is -0.302. The molecule has 2 heterocycles. The highest BCUT2D eigenvalue weighted by atomic mass is 16.3. The number of carbonyl (C=O) groups is 1. The fourth-order valence-corrected chi connectivity index (χ4v) is 3.78. The van der Waals surface area contributed by atoms with Crippen LogP contribution in [0, 0.1) is 0 Å². The number of para-hydroxylation sites is 1. The van der Waals surface area contributed by atoms with Crippen LogP contribution in [0.4, 0.5) is 0 Å². The number of nitrogens with zero attached hydrogens (tertiary/aromatic N) is 1. The van der Waals surface area contributed by atoms with Gasteiger partial charge in [0.15, 0.2) is 0 Å². The predicted molar refractivity (Wildman–Crippen MR) is 105 cm³/mol. The van der Waals surface area contributed by atoms with Crippen LogP contribution >= 0.6 is 0 Å². The van der Waals surface area contributed by atoms with Crippen LogP contribution in [0.15, 0.2) is 45.6 Å². The number of furan rings is 1. The third kappa shape index (κ3) is 3.29. The van der Waals surface area contributed by atoms with Gasteiger partial charge in [-0.15, -0.1) is 0 Å². The molecular weight excluding hydrogens is 340 g/mol. The lowest BCUT2D eigenvalue weighted by Crippen LogP contribution is -2.34. The smallest absolute Gasteiger partial charge is 0.261 e. The third-order valence-corrected chi connectivity index (χ3v) is 5.58. The van der Waals surface area contributed by atoms with Crippen molar-refractivity contribution in [1.82, 2.24) is 9.88 Å². The highest BCUT2D eigenvalue weighted by Crippen LogP contribution is 2.27. The van der Waals surface area contributed by atoms with Crippen molar-refractivity contribution in [1.29, 1.82) is 0 Å². The van der Waals surface area contributed by atoms with Crippen molar-refractivity contribution < 1.29 is 9.21 Å². The molecule has 0 saturated heterocycles. The van der Waals surface area contributed by atoms with Crippen molar-refractivity contribution in [3.05, 3.63) is 69.3 Å². The number of pyridine rings is 1. The zero-order valence-corrected chi connectivity index (χ0v) is 15.7. The van der Waals surface area contributed by atoms with Crippen molar-refractivity contribution >= 4 is 16.9 Å². The molecule has 0 radical (unpaired) electrons. The highest BCUT2D eigenvalue weighted by Gasteiger charge is 2.25. The molecular formula is C22H24N2O3. The lowest BCUT2D eigenvalue weighted by Gasteiger charge is -2.23. The number of rotatable bonds is 3. The molecule has 0 fully saturated rings. The Hall–Kier alpha value is -2.82. The first-order valence-electron chi connectivity index (χ1n) is 9.55. The Balaban J connectivity index is 1.63. The summed E-state index contributed by atoms with van der Waals surface area (Å²) >= 11 is 0. The van der Waals surface area contributed by atoms with Crippen molar-refractivity contribution in [2.24, 2.45) is 0 Å². The van der Waals surface area contributed by atoms with E-state index in [0.717, 1.165) is 54.3 Å². The number of hydrogen-bond donors (Lipinski definition) is 1. The summed E-state index contributed by atoms with van der Waals surface area (Å²) in [5.74, 6) is 0.425. The molecule has 1 atom stereocenters. The molecule has 1 amide bonds. The number of aromatic amines is 1. The van der Waals surface area contributed by atoms with E-state index in [9.17, 15) is 9.59 Å². The fourth-order valence-electron chi connectivity index (χ4n) is 3.78. The Bertz CT molecular complexity index is 1010. The summed E-state index contributed by atoms with van der Waals surface area (Å²) in [6.45, 7) is 1.91. The second kappa shape index (κ2) is 7.06. The molecule has 0 aliphatic heterocycles. The summed E-state index contributed by atoms with van der Waals surface area (Å²) in [4.78, 5) is 30.1. The van der Waals surface area contributed by atoms with Crippen LogP contribution in [0.25, 0.3) is 11.0 Å². The van der Waals surface area contributed by atoms with E-state index in [1.807, 2.05) is 37.3 Å². The Morgan fingerprint density at radius 2 is 1.93 bits per heavy atom. The second-order valence-corrected chi connectivity index (χ2v) is 7.36. The average Bonchev–Trinajstić information content (AvgIpc) is 2.98. The van der Waals surface area contributed by atoms with Crippen LogP contribution in [-0.4, -0.2) is 22.8 Å². The van der Waals surface area contributed by atoms with Crippen molar-refractivity contribution in [3.63, 3.8) is 0 Å². The van der Waals surface area contributed by atoms with Gasteiger partial charge in [-0.05, 0) is 56.4 Å². The summed E-state index contributed by atoms with van der Waals surface area (Å²) in [6.07, 6.45) is 5.12. The molecule has 0 bridgehead atoms. The molecule has 2 aromatic heterocycles. The molecule has 1 unspecified atom stereocenters. The summed E-state index contributed by atoms with van der Waals surface area (Å²) in [6, 6.07) is 11.2. The first kappa shape index (κ1) is 17.6. The number of amides is 1. The van der Waals surface area contributed by atoms with Crippen LogP contribution in [0.3, 0.4) is 0 Å². The maximum Gasteiger partial charge on any atom is 0.261 e. The second-order valence-electron chi connectivity index (χ2n) is 7.36. The van der Waals surface area contributed by atoms with E-state index < -0.39 is 0 Å². The number of H-pyrrole nitrogens is 1. The van der Waals surface area contributed by atoms with Crippen LogP contribution in [0.5, 0.6) is 0 Å². The topological polar surface area (TPSA) is 66.3 Å².